The average Bonchev–Trinajstić information content (AvgIpc) is 2.45. The van der Waals surface area contributed by atoms with Gasteiger partial charge in [-0.2, -0.15) is 0 Å². The van der Waals surface area contributed by atoms with Crippen molar-refractivity contribution >= 4 is 11.7 Å². The third-order valence-corrected chi connectivity index (χ3v) is 3.18. The number of rotatable bonds is 4. The summed E-state index contributed by atoms with van der Waals surface area (Å²) < 4.78 is 4.90. The molecular weight excluding hydrogens is 250 g/mol. The quantitative estimate of drug-likeness (QED) is 0.861. The topological polar surface area (TPSA) is 38.3 Å². The summed E-state index contributed by atoms with van der Waals surface area (Å²) in [5.74, 6) is -0.296. The van der Waals surface area contributed by atoms with Gasteiger partial charge in [0.2, 0.25) is 0 Å². The van der Waals surface area contributed by atoms with E-state index in [9.17, 15) is 4.79 Å². The number of anilines is 1. The largest absolute Gasteiger partial charge is 0.467 e. The van der Waals surface area contributed by atoms with E-state index in [1.807, 2.05) is 62.4 Å². The van der Waals surface area contributed by atoms with Crippen LogP contribution in [-0.2, 0) is 9.53 Å². The molecule has 2 rings (SSSR count). The molecule has 0 aliphatic heterocycles. The second kappa shape index (κ2) is 6.24. The highest BCUT2D eigenvalue weighted by Crippen LogP contribution is 2.22. The molecule has 0 radical (unpaired) electrons. The Balaban J connectivity index is 2.28. The van der Waals surface area contributed by atoms with Gasteiger partial charge in [-0.05, 0) is 37.1 Å². The van der Waals surface area contributed by atoms with Crippen LogP contribution in [-0.4, -0.2) is 13.1 Å². The van der Waals surface area contributed by atoms with Gasteiger partial charge < -0.3 is 10.1 Å². The number of benzene rings is 2. The van der Waals surface area contributed by atoms with Gasteiger partial charge in [0.05, 0.1) is 7.11 Å². The van der Waals surface area contributed by atoms with E-state index in [0.29, 0.717) is 0 Å². The molecule has 3 heteroatoms. The maximum absolute atomic E-state index is 12.0. The third kappa shape index (κ3) is 3.38. The monoisotopic (exact) mass is 269 g/mol. The Labute approximate surface area is 119 Å². The summed E-state index contributed by atoms with van der Waals surface area (Å²) in [6, 6.07) is 15.3. The molecule has 1 unspecified atom stereocenters. The third-order valence-electron chi connectivity index (χ3n) is 3.18. The zero-order valence-electron chi connectivity index (χ0n) is 12.0. The van der Waals surface area contributed by atoms with Crippen molar-refractivity contribution in [1.82, 2.24) is 0 Å². The zero-order chi connectivity index (χ0) is 14.5. The highest BCUT2D eigenvalue weighted by molar-refractivity contribution is 5.81. The van der Waals surface area contributed by atoms with Crippen molar-refractivity contribution < 1.29 is 9.53 Å². The molecule has 3 nitrogen and oxygen atoms in total. The van der Waals surface area contributed by atoms with E-state index >= 15 is 0 Å². The number of hydrogen-bond donors (Lipinski definition) is 1. The van der Waals surface area contributed by atoms with Crippen molar-refractivity contribution in [1.29, 1.82) is 0 Å². The standard InChI is InChI=1S/C17H19NO2/c1-12-7-9-14(10-8-12)16(17(19)20-3)18-15-6-4-5-13(2)11-15/h4-11,16,18H,1-3H3. The molecule has 1 N–H and O–H groups in total. The SMILES string of the molecule is COC(=O)C(Nc1cccc(C)c1)c1ccc(C)cc1. The molecule has 1 atom stereocenters. The molecule has 0 heterocycles. The Kier molecular flexibility index (Phi) is 4.41. The lowest BCUT2D eigenvalue weighted by Gasteiger charge is -2.18. The molecule has 0 bridgehead atoms. The second-order valence-corrected chi connectivity index (χ2v) is 4.88. The number of aryl methyl sites for hydroxylation is 2. The minimum Gasteiger partial charge on any atom is -0.467 e. The number of hydrogen-bond acceptors (Lipinski definition) is 3. The molecule has 0 aliphatic rings. The molecule has 20 heavy (non-hydrogen) atoms. The fraction of sp³-hybridized carbons (Fsp3) is 0.235. The number of nitrogens with one attached hydrogen (secondary N) is 1. The lowest BCUT2D eigenvalue weighted by molar-refractivity contribution is -0.141. The summed E-state index contributed by atoms with van der Waals surface area (Å²) >= 11 is 0. The van der Waals surface area contributed by atoms with Crippen LogP contribution >= 0.6 is 0 Å². The number of carbonyl (C=O) groups excluding carboxylic acids is 1. The molecule has 0 saturated heterocycles. The van der Waals surface area contributed by atoms with Crippen LogP contribution in [0, 0.1) is 13.8 Å². The molecule has 0 saturated carbocycles. The minimum atomic E-state index is -0.498. The molecule has 104 valence electrons. The van der Waals surface area contributed by atoms with Gasteiger partial charge >= 0.3 is 5.97 Å². The van der Waals surface area contributed by atoms with Crippen LogP contribution < -0.4 is 5.32 Å². The van der Waals surface area contributed by atoms with E-state index in [-0.39, 0.29) is 5.97 Å². The lowest BCUT2D eigenvalue weighted by Crippen LogP contribution is -2.22. The van der Waals surface area contributed by atoms with Crippen LogP contribution in [0.25, 0.3) is 0 Å². The highest BCUT2D eigenvalue weighted by Gasteiger charge is 2.21. The van der Waals surface area contributed by atoms with E-state index in [2.05, 4.69) is 5.32 Å². The maximum Gasteiger partial charge on any atom is 0.332 e. The highest BCUT2D eigenvalue weighted by atomic mass is 16.5. The summed E-state index contributed by atoms with van der Waals surface area (Å²) in [6.07, 6.45) is 0. The Morgan fingerprint density at radius 2 is 1.75 bits per heavy atom. The van der Waals surface area contributed by atoms with Gasteiger partial charge in [-0.1, -0.05) is 42.0 Å². The van der Waals surface area contributed by atoms with Gasteiger partial charge in [0, 0.05) is 5.69 Å². The predicted octanol–water partition coefficient (Wildman–Crippen LogP) is 3.63. The van der Waals surface area contributed by atoms with Gasteiger partial charge in [-0.3, -0.25) is 0 Å². The van der Waals surface area contributed by atoms with Crippen LogP contribution in [0.15, 0.2) is 48.5 Å². The first-order valence-electron chi connectivity index (χ1n) is 6.58. The molecule has 0 fully saturated rings. The summed E-state index contributed by atoms with van der Waals surface area (Å²) in [7, 11) is 1.40. The lowest BCUT2D eigenvalue weighted by atomic mass is 10.0. The summed E-state index contributed by atoms with van der Waals surface area (Å²) in [5, 5.41) is 3.23. The average molecular weight is 269 g/mol. The molecular formula is C17H19NO2. The summed E-state index contributed by atoms with van der Waals surface area (Å²) in [4.78, 5) is 12.0. The van der Waals surface area contributed by atoms with Crippen molar-refractivity contribution in [3.8, 4) is 0 Å². The number of carbonyl (C=O) groups is 1. The first-order valence-corrected chi connectivity index (χ1v) is 6.58. The van der Waals surface area contributed by atoms with Gasteiger partial charge in [0.25, 0.3) is 0 Å². The van der Waals surface area contributed by atoms with Crippen molar-refractivity contribution in [3.05, 3.63) is 65.2 Å². The van der Waals surface area contributed by atoms with E-state index in [1.54, 1.807) is 0 Å². The fourth-order valence-corrected chi connectivity index (χ4v) is 2.06. The smallest absolute Gasteiger partial charge is 0.332 e. The van der Waals surface area contributed by atoms with Crippen molar-refractivity contribution in [2.75, 3.05) is 12.4 Å². The van der Waals surface area contributed by atoms with E-state index in [1.165, 1.54) is 7.11 Å². The number of methoxy groups -OCH3 is 1. The molecule has 2 aromatic rings. The maximum atomic E-state index is 12.0. The predicted molar refractivity (Wildman–Crippen MR) is 80.7 cm³/mol. The van der Waals surface area contributed by atoms with Crippen molar-refractivity contribution in [2.24, 2.45) is 0 Å². The van der Waals surface area contributed by atoms with Gasteiger partial charge in [-0.25, -0.2) is 4.79 Å². The Bertz CT molecular complexity index is 590. The zero-order valence-corrected chi connectivity index (χ0v) is 12.0. The van der Waals surface area contributed by atoms with Crippen LogP contribution in [0.3, 0.4) is 0 Å². The number of esters is 1. The first-order chi connectivity index (χ1) is 9.60. The molecule has 0 amide bonds. The van der Waals surface area contributed by atoms with Crippen LogP contribution in [0.1, 0.15) is 22.7 Å². The van der Waals surface area contributed by atoms with E-state index in [4.69, 9.17) is 4.74 Å². The summed E-state index contributed by atoms with van der Waals surface area (Å²) in [6.45, 7) is 4.04. The van der Waals surface area contributed by atoms with Gasteiger partial charge in [0.1, 0.15) is 0 Å². The van der Waals surface area contributed by atoms with Crippen molar-refractivity contribution in [3.63, 3.8) is 0 Å². The van der Waals surface area contributed by atoms with Crippen LogP contribution in [0.2, 0.25) is 0 Å². The summed E-state index contributed by atoms with van der Waals surface area (Å²) in [5.41, 5.74) is 4.10. The second-order valence-electron chi connectivity index (χ2n) is 4.88. The van der Waals surface area contributed by atoms with E-state index in [0.717, 1.165) is 22.4 Å². The fourth-order valence-electron chi connectivity index (χ4n) is 2.06. The Morgan fingerprint density at radius 3 is 2.35 bits per heavy atom. The molecule has 0 aromatic heterocycles. The minimum absolute atomic E-state index is 0.296. The van der Waals surface area contributed by atoms with E-state index < -0.39 is 6.04 Å². The van der Waals surface area contributed by atoms with Crippen LogP contribution in [0.4, 0.5) is 5.69 Å². The molecule has 0 spiro atoms. The molecule has 0 aliphatic carbocycles. The first kappa shape index (κ1) is 14.1. The van der Waals surface area contributed by atoms with Crippen LogP contribution in [0.5, 0.6) is 0 Å². The number of ether oxygens (including phenoxy) is 1. The van der Waals surface area contributed by atoms with Crippen molar-refractivity contribution in [2.45, 2.75) is 19.9 Å². The Hall–Kier alpha value is -2.29. The normalized spacial score (nSPS) is 11.8. The Morgan fingerprint density at radius 1 is 1.05 bits per heavy atom. The van der Waals surface area contributed by atoms with Gasteiger partial charge in [-0.15, -0.1) is 0 Å². The molecule has 2 aromatic carbocycles. The van der Waals surface area contributed by atoms with Gasteiger partial charge in [0.15, 0.2) is 6.04 Å².